The monoisotopic (exact) mass is 416 g/mol. The molecule has 3 heteroatoms. The molecule has 1 aromatic carbocycles. The molecule has 0 amide bonds. The van der Waals surface area contributed by atoms with Crippen LogP contribution in [-0.4, -0.2) is 23.3 Å². The molecule has 0 heterocycles. The lowest BCUT2D eigenvalue weighted by molar-refractivity contribution is 0.414. The Kier molecular flexibility index (Phi) is 10.1. The quantitative estimate of drug-likeness (QED) is 0.263. The molecular weight excluding hydrogens is 372 g/mol. The lowest BCUT2D eigenvalue weighted by Gasteiger charge is -2.44. The molecule has 0 fully saturated rings. The van der Waals surface area contributed by atoms with Crippen molar-refractivity contribution in [3.8, 4) is 17.2 Å². The lowest BCUT2D eigenvalue weighted by Crippen LogP contribution is -2.45. The van der Waals surface area contributed by atoms with E-state index in [9.17, 15) is 0 Å². The second kappa shape index (κ2) is 11.3. The third-order valence-corrected chi connectivity index (χ3v) is 19.4. The van der Waals surface area contributed by atoms with Gasteiger partial charge in [-0.2, -0.15) is 0 Å². The van der Waals surface area contributed by atoms with Crippen LogP contribution in [0, 0.1) is 11.5 Å². The molecule has 0 N–H and O–H groups in total. The number of hydrogen-bond acceptors (Lipinski definition) is 1. The van der Waals surface area contributed by atoms with Crippen LogP contribution in [0.4, 0.5) is 0 Å². The maximum Gasteiger partial charge on any atom is 0.137 e. The smallest absolute Gasteiger partial charge is 0.137 e. The van der Waals surface area contributed by atoms with Gasteiger partial charge < -0.3 is 4.74 Å². The predicted octanol–water partition coefficient (Wildman–Crippen LogP) is 7.95. The van der Waals surface area contributed by atoms with E-state index >= 15 is 0 Å². The Morgan fingerprint density at radius 3 is 1.71 bits per heavy atom. The van der Waals surface area contributed by atoms with Gasteiger partial charge in [0.05, 0.1) is 15.2 Å². The van der Waals surface area contributed by atoms with Crippen molar-refractivity contribution < 1.29 is 4.74 Å². The van der Waals surface area contributed by atoms with E-state index in [1.54, 1.807) is 7.11 Å². The molecule has 1 unspecified atom stereocenters. The molecule has 158 valence electrons. The Labute approximate surface area is 177 Å². The molecule has 0 aliphatic heterocycles. The summed E-state index contributed by atoms with van der Waals surface area (Å²) in [6.45, 7) is 16.9. The molecule has 0 bridgehead atoms. The molecule has 0 radical (unpaired) electrons. The van der Waals surface area contributed by atoms with Crippen LogP contribution in [0.3, 0.4) is 0 Å². The largest absolute Gasteiger partial charge is 0.497 e. The van der Waals surface area contributed by atoms with Crippen LogP contribution >= 0.6 is 0 Å². The van der Waals surface area contributed by atoms with Crippen molar-refractivity contribution in [3.05, 3.63) is 29.8 Å². The Bertz CT molecular complexity index is 616. The minimum absolute atomic E-state index is 0.197. The molecule has 1 aromatic rings. The van der Waals surface area contributed by atoms with Crippen LogP contribution in [-0.2, 0) is 6.42 Å². The summed E-state index contributed by atoms with van der Waals surface area (Å²) >= 11 is 0. The maximum atomic E-state index is 5.32. The Hall–Kier alpha value is -0.986. The average molecular weight is 417 g/mol. The number of hydrogen-bond donors (Lipinski definition) is 0. The van der Waals surface area contributed by atoms with Gasteiger partial charge in [-0.05, 0) is 48.7 Å². The molecule has 0 saturated carbocycles. The van der Waals surface area contributed by atoms with Crippen LogP contribution in [0.5, 0.6) is 5.75 Å². The van der Waals surface area contributed by atoms with E-state index in [1.807, 2.05) is 0 Å². The Balaban J connectivity index is 3.27. The van der Waals surface area contributed by atoms with E-state index < -0.39 is 16.1 Å². The SMILES string of the molecule is CC[Si](C#CC(C)(CCc1ccc(OC)cc1)[Si](CC)(CC)CC)(CC)CC. The van der Waals surface area contributed by atoms with Crippen molar-refractivity contribution in [2.24, 2.45) is 0 Å². The van der Waals surface area contributed by atoms with E-state index in [-0.39, 0.29) is 5.04 Å². The summed E-state index contributed by atoms with van der Waals surface area (Å²) in [6.07, 6.45) is 2.30. The van der Waals surface area contributed by atoms with E-state index in [1.165, 1.54) is 48.2 Å². The van der Waals surface area contributed by atoms with Crippen molar-refractivity contribution in [1.82, 2.24) is 0 Å². The third kappa shape index (κ3) is 5.54. The molecule has 0 aliphatic rings. The molecule has 28 heavy (non-hydrogen) atoms. The third-order valence-electron chi connectivity index (χ3n) is 7.91. The van der Waals surface area contributed by atoms with Gasteiger partial charge in [-0.25, -0.2) is 0 Å². The second-order valence-electron chi connectivity index (χ2n) is 8.61. The number of ether oxygens (including phenoxy) is 1. The minimum atomic E-state index is -1.46. The molecule has 0 saturated heterocycles. The highest BCUT2D eigenvalue weighted by Crippen LogP contribution is 2.48. The lowest BCUT2D eigenvalue weighted by atomic mass is 10.0. The first kappa shape index (κ1) is 25.1. The van der Waals surface area contributed by atoms with Gasteiger partial charge in [0.1, 0.15) is 13.8 Å². The highest BCUT2D eigenvalue weighted by atomic mass is 28.3. The van der Waals surface area contributed by atoms with E-state index in [4.69, 9.17) is 4.74 Å². The summed E-state index contributed by atoms with van der Waals surface area (Å²) < 4.78 is 5.32. The van der Waals surface area contributed by atoms with Gasteiger partial charge >= 0.3 is 0 Å². The zero-order valence-electron chi connectivity index (χ0n) is 19.9. The van der Waals surface area contributed by atoms with Crippen molar-refractivity contribution in [3.63, 3.8) is 0 Å². The molecule has 1 atom stereocenters. The first-order valence-corrected chi connectivity index (χ1v) is 16.7. The summed E-state index contributed by atoms with van der Waals surface area (Å²) in [4.78, 5) is 0. The normalized spacial score (nSPS) is 14.1. The first-order chi connectivity index (χ1) is 13.3. The van der Waals surface area contributed by atoms with Gasteiger partial charge in [0.15, 0.2) is 0 Å². The zero-order chi connectivity index (χ0) is 21.3. The fraction of sp³-hybridized carbons (Fsp3) is 0.680. The molecule has 0 aromatic heterocycles. The van der Waals surface area contributed by atoms with Crippen LogP contribution in [0.15, 0.2) is 24.3 Å². The van der Waals surface area contributed by atoms with Crippen molar-refractivity contribution in [2.75, 3.05) is 7.11 Å². The highest BCUT2D eigenvalue weighted by Gasteiger charge is 2.45. The molecule has 0 aliphatic carbocycles. The highest BCUT2D eigenvalue weighted by molar-refractivity contribution is 6.87. The first-order valence-electron chi connectivity index (χ1n) is 11.5. The Morgan fingerprint density at radius 2 is 1.32 bits per heavy atom. The van der Waals surface area contributed by atoms with Gasteiger partial charge in [-0.15, -0.1) is 11.5 Å². The van der Waals surface area contributed by atoms with Gasteiger partial charge in [-0.3, -0.25) is 0 Å². The summed E-state index contributed by atoms with van der Waals surface area (Å²) in [6, 6.07) is 16.5. The molecule has 1 nitrogen and oxygen atoms in total. The van der Waals surface area contributed by atoms with Gasteiger partial charge in [-0.1, -0.05) is 78.7 Å². The van der Waals surface area contributed by atoms with E-state index in [2.05, 4.69) is 84.2 Å². The molecule has 0 spiro atoms. The van der Waals surface area contributed by atoms with Crippen molar-refractivity contribution in [1.29, 1.82) is 0 Å². The van der Waals surface area contributed by atoms with Crippen LogP contribution in [0.1, 0.15) is 60.5 Å². The maximum absolute atomic E-state index is 5.32. The van der Waals surface area contributed by atoms with Crippen molar-refractivity contribution in [2.45, 2.75) is 103 Å². The van der Waals surface area contributed by atoms with Crippen LogP contribution in [0.25, 0.3) is 0 Å². The minimum Gasteiger partial charge on any atom is -0.497 e. The zero-order valence-corrected chi connectivity index (χ0v) is 21.9. The standard InChI is InChI=1S/C25H44OSi2/c1-9-27(10-2,11-3)22-21-25(7,28(12-4,13-5)14-6)20-19-23-15-17-24(26-8)18-16-23/h15-18H,9-14,19-20H2,1-8H3. The molecule has 1 rings (SSSR count). The number of aryl methyl sites for hydroxylation is 1. The number of methoxy groups -OCH3 is 1. The summed E-state index contributed by atoms with van der Waals surface area (Å²) in [5.41, 5.74) is 5.40. The predicted molar refractivity (Wildman–Crippen MR) is 132 cm³/mol. The Morgan fingerprint density at radius 1 is 0.821 bits per heavy atom. The van der Waals surface area contributed by atoms with Gasteiger partial charge in [0, 0.05) is 5.04 Å². The number of benzene rings is 1. The fourth-order valence-corrected chi connectivity index (χ4v) is 12.4. The van der Waals surface area contributed by atoms with Gasteiger partial charge in [0.25, 0.3) is 0 Å². The topological polar surface area (TPSA) is 9.23 Å². The summed E-state index contributed by atoms with van der Waals surface area (Å²) in [5.74, 6) is 4.97. The van der Waals surface area contributed by atoms with Gasteiger partial charge in [0.2, 0.25) is 0 Å². The van der Waals surface area contributed by atoms with E-state index in [0.29, 0.717) is 0 Å². The fourth-order valence-electron chi connectivity index (χ4n) is 4.85. The van der Waals surface area contributed by atoms with Crippen LogP contribution in [0.2, 0.25) is 41.3 Å². The summed E-state index contributed by atoms with van der Waals surface area (Å²) in [5, 5.41) is 0.197. The van der Waals surface area contributed by atoms with E-state index in [0.717, 1.165) is 12.2 Å². The summed E-state index contributed by atoms with van der Waals surface area (Å²) in [7, 11) is -1.14. The molecular formula is C25H44OSi2. The second-order valence-corrected chi connectivity index (χ2v) is 19.3. The van der Waals surface area contributed by atoms with Crippen LogP contribution < -0.4 is 4.74 Å². The number of rotatable bonds is 11. The average Bonchev–Trinajstić information content (AvgIpc) is 2.75. The van der Waals surface area contributed by atoms with Crippen molar-refractivity contribution >= 4 is 16.1 Å².